The van der Waals surface area contributed by atoms with E-state index in [-0.39, 0.29) is 11.8 Å². The zero-order valence-electron chi connectivity index (χ0n) is 11.1. The third-order valence-corrected chi connectivity index (χ3v) is 3.68. The first kappa shape index (κ1) is 12.5. The Kier molecular flexibility index (Phi) is 2.85. The van der Waals surface area contributed by atoms with Gasteiger partial charge in [-0.3, -0.25) is 9.59 Å². The van der Waals surface area contributed by atoms with Crippen LogP contribution in [0, 0.1) is 0 Å². The van der Waals surface area contributed by atoms with Gasteiger partial charge in [0.1, 0.15) is 11.7 Å². The van der Waals surface area contributed by atoms with Gasteiger partial charge in [0, 0.05) is 18.5 Å². The highest BCUT2D eigenvalue weighted by atomic mass is 16.2. The van der Waals surface area contributed by atoms with E-state index in [9.17, 15) is 9.59 Å². The first-order valence-electron chi connectivity index (χ1n) is 6.54. The van der Waals surface area contributed by atoms with Gasteiger partial charge in [-0.1, -0.05) is 12.1 Å². The molecule has 1 fully saturated rings. The highest BCUT2D eigenvalue weighted by Gasteiger charge is 2.30. The van der Waals surface area contributed by atoms with Crippen molar-refractivity contribution in [1.29, 1.82) is 0 Å². The number of rotatable bonds is 1. The summed E-state index contributed by atoms with van der Waals surface area (Å²) in [4.78, 5) is 28.8. The molecule has 2 aromatic rings. The second kappa shape index (κ2) is 4.56. The molecule has 1 aromatic heterocycles. The Hall–Kier alpha value is -2.50. The van der Waals surface area contributed by atoms with E-state index in [0.29, 0.717) is 24.5 Å². The van der Waals surface area contributed by atoms with Gasteiger partial charge in [-0.25, -0.2) is 0 Å². The van der Waals surface area contributed by atoms with Crippen LogP contribution in [0.2, 0.25) is 0 Å². The van der Waals surface area contributed by atoms with Crippen molar-refractivity contribution in [2.24, 2.45) is 0 Å². The third-order valence-electron chi connectivity index (χ3n) is 3.68. The molecule has 1 atom stereocenters. The van der Waals surface area contributed by atoms with Gasteiger partial charge in [0.25, 0.3) is 5.91 Å². The maximum absolute atomic E-state index is 12.5. The molecule has 0 radical (unpaired) electrons. The van der Waals surface area contributed by atoms with Crippen LogP contribution in [0.4, 0.5) is 5.69 Å². The number of aromatic amines is 1. The van der Waals surface area contributed by atoms with E-state index in [4.69, 9.17) is 5.73 Å². The van der Waals surface area contributed by atoms with Crippen molar-refractivity contribution in [1.82, 2.24) is 15.2 Å². The SMILES string of the molecule is CC1C(=O)NCCN1C(=O)c1cc2cccc(N)c2[nH]1. The first-order chi connectivity index (χ1) is 9.58. The molecule has 2 amide bonds. The second-order valence-electron chi connectivity index (χ2n) is 4.96. The number of carbonyl (C=O) groups excluding carboxylic acids is 2. The minimum atomic E-state index is -0.458. The van der Waals surface area contributed by atoms with Crippen molar-refractivity contribution in [3.05, 3.63) is 30.0 Å². The summed E-state index contributed by atoms with van der Waals surface area (Å²) in [6.45, 7) is 2.72. The average Bonchev–Trinajstić information content (AvgIpc) is 2.87. The number of H-pyrrole nitrogens is 1. The summed E-state index contributed by atoms with van der Waals surface area (Å²) in [5.41, 5.74) is 7.69. The molecule has 0 bridgehead atoms. The third kappa shape index (κ3) is 1.89. The van der Waals surface area contributed by atoms with Gasteiger partial charge in [-0.2, -0.15) is 0 Å². The van der Waals surface area contributed by atoms with Crippen LogP contribution in [0.1, 0.15) is 17.4 Å². The van der Waals surface area contributed by atoms with Crippen LogP contribution in [0.3, 0.4) is 0 Å². The topological polar surface area (TPSA) is 91.2 Å². The average molecular weight is 272 g/mol. The minimum Gasteiger partial charge on any atom is -0.397 e. The zero-order chi connectivity index (χ0) is 14.3. The van der Waals surface area contributed by atoms with E-state index in [1.165, 1.54) is 0 Å². The number of nitrogens with one attached hydrogen (secondary N) is 2. The van der Waals surface area contributed by atoms with E-state index in [2.05, 4.69) is 10.3 Å². The molecule has 1 aromatic carbocycles. The van der Waals surface area contributed by atoms with Crippen LogP contribution in [0.15, 0.2) is 24.3 Å². The molecule has 20 heavy (non-hydrogen) atoms. The van der Waals surface area contributed by atoms with Gasteiger partial charge in [-0.15, -0.1) is 0 Å². The standard InChI is InChI=1S/C14H16N4O2/c1-8-13(19)16-5-6-18(8)14(20)11-7-9-3-2-4-10(15)12(9)17-11/h2-4,7-8,17H,5-6,15H2,1H3,(H,16,19). The number of amides is 2. The fourth-order valence-electron chi connectivity index (χ4n) is 2.51. The second-order valence-corrected chi connectivity index (χ2v) is 4.96. The Morgan fingerprint density at radius 1 is 1.45 bits per heavy atom. The van der Waals surface area contributed by atoms with E-state index in [0.717, 1.165) is 10.9 Å². The molecule has 4 N–H and O–H groups in total. The van der Waals surface area contributed by atoms with E-state index in [1.807, 2.05) is 12.1 Å². The molecule has 0 saturated carbocycles. The number of fused-ring (bicyclic) bond motifs is 1. The molecule has 1 aliphatic heterocycles. The van der Waals surface area contributed by atoms with Gasteiger partial charge < -0.3 is 20.9 Å². The lowest BCUT2D eigenvalue weighted by molar-refractivity contribution is -0.127. The number of nitrogen functional groups attached to an aromatic ring is 1. The molecular formula is C14H16N4O2. The van der Waals surface area contributed by atoms with Gasteiger partial charge in [0.05, 0.1) is 11.2 Å². The van der Waals surface area contributed by atoms with Crippen LogP contribution in [0.25, 0.3) is 10.9 Å². The molecule has 1 aliphatic rings. The van der Waals surface area contributed by atoms with Crippen molar-refractivity contribution >= 4 is 28.4 Å². The van der Waals surface area contributed by atoms with Crippen molar-refractivity contribution < 1.29 is 9.59 Å². The predicted molar refractivity (Wildman–Crippen MR) is 76.2 cm³/mol. The smallest absolute Gasteiger partial charge is 0.271 e. The van der Waals surface area contributed by atoms with Gasteiger partial charge in [0.15, 0.2) is 0 Å². The highest BCUT2D eigenvalue weighted by molar-refractivity contribution is 6.02. The largest absolute Gasteiger partial charge is 0.397 e. The molecular weight excluding hydrogens is 256 g/mol. The van der Waals surface area contributed by atoms with Crippen LogP contribution in [-0.2, 0) is 4.79 Å². The highest BCUT2D eigenvalue weighted by Crippen LogP contribution is 2.22. The summed E-state index contributed by atoms with van der Waals surface area (Å²) < 4.78 is 0. The molecule has 6 nitrogen and oxygen atoms in total. The Labute approximate surface area is 115 Å². The number of para-hydroxylation sites is 1. The summed E-state index contributed by atoms with van der Waals surface area (Å²) in [5, 5.41) is 3.63. The van der Waals surface area contributed by atoms with Crippen molar-refractivity contribution in [2.75, 3.05) is 18.8 Å². The number of carbonyl (C=O) groups is 2. The number of benzene rings is 1. The fourth-order valence-corrected chi connectivity index (χ4v) is 2.51. The Morgan fingerprint density at radius 2 is 2.25 bits per heavy atom. The molecule has 2 heterocycles. The molecule has 0 aliphatic carbocycles. The van der Waals surface area contributed by atoms with Crippen molar-refractivity contribution in [3.63, 3.8) is 0 Å². The Bertz CT molecular complexity index is 692. The summed E-state index contributed by atoms with van der Waals surface area (Å²) in [6.07, 6.45) is 0. The van der Waals surface area contributed by atoms with E-state index >= 15 is 0 Å². The van der Waals surface area contributed by atoms with Crippen LogP contribution >= 0.6 is 0 Å². The number of nitrogens with two attached hydrogens (primary N) is 1. The normalized spacial score (nSPS) is 19.1. The molecule has 6 heteroatoms. The number of aromatic nitrogens is 1. The van der Waals surface area contributed by atoms with Crippen LogP contribution in [0.5, 0.6) is 0 Å². The maximum atomic E-state index is 12.5. The zero-order valence-corrected chi connectivity index (χ0v) is 11.1. The fraction of sp³-hybridized carbons (Fsp3) is 0.286. The van der Waals surface area contributed by atoms with Crippen LogP contribution < -0.4 is 11.1 Å². The monoisotopic (exact) mass is 272 g/mol. The number of anilines is 1. The predicted octanol–water partition coefficient (Wildman–Crippen LogP) is 0.711. The summed E-state index contributed by atoms with van der Waals surface area (Å²) in [5.74, 6) is -0.303. The molecule has 1 unspecified atom stereocenters. The molecule has 0 spiro atoms. The number of piperazine rings is 1. The summed E-state index contributed by atoms with van der Waals surface area (Å²) in [6, 6.07) is 6.83. The quantitative estimate of drug-likeness (QED) is 0.668. The van der Waals surface area contributed by atoms with Gasteiger partial charge >= 0.3 is 0 Å². The molecule has 104 valence electrons. The van der Waals surface area contributed by atoms with E-state index in [1.54, 1.807) is 24.0 Å². The Balaban J connectivity index is 1.96. The van der Waals surface area contributed by atoms with E-state index < -0.39 is 6.04 Å². The molecule has 1 saturated heterocycles. The minimum absolute atomic E-state index is 0.125. The van der Waals surface area contributed by atoms with Gasteiger partial charge in [0.2, 0.25) is 5.91 Å². The summed E-state index contributed by atoms with van der Waals surface area (Å²) in [7, 11) is 0. The van der Waals surface area contributed by atoms with Crippen molar-refractivity contribution in [2.45, 2.75) is 13.0 Å². The van der Waals surface area contributed by atoms with Crippen LogP contribution in [-0.4, -0.2) is 40.8 Å². The first-order valence-corrected chi connectivity index (χ1v) is 6.54. The number of nitrogens with zero attached hydrogens (tertiary/aromatic N) is 1. The number of hydrogen-bond donors (Lipinski definition) is 3. The molecule has 3 rings (SSSR count). The lowest BCUT2D eigenvalue weighted by Gasteiger charge is -2.32. The Morgan fingerprint density at radius 3 is 3.00 bits per heavy atom. The number of hydrogen-bond acceptors (Lipinski definition) is 3. The maximum Gasteiger partial charge on any atom is 0.271 e. The lowest BCUT2D eigenvalue weighted by atomic mass is 10.2. The van der Waals surface area contributed by atoms with Gasteiger partial charge in [-0.05, 0) is 19.1 Å². The lowest BCUT2D eigenvalue weighted by Crippen LogP contribution is -2.55. The van der Waals surface area contributed by atoms with Crippen molar-refractivity contribution in [3.8, 4) is 0 Å². The summed E-state index contributed by atoms with van der Waals surface area (Å²) >= 11 is 0.